The van der Waals surface area contributed by atoms with Crippen LogP contribution in [0.25, 0.3) is 0 Å². The molecule has 3 aromatic rings. The number of ether oxygens (including phenoxy) is 2. The van der Waals surface area contributed by atoms with Crippen molar-refractivity contribution in [2.24, 2.45) is 0 Å². The van der Waals surface area contributed by atoms with Gasteiger partial charge in [-0.1, -0.05) is 15.9 Å². The zero-order valence-electron chi connectivity index (χ0n) is 17.5. The van der Waals surface area contributed by atoms with Crippen LogP contribution >= 0.6 is 15.9 Å². The molecular formula is C22H19BrN2O7S. The number of carboxylic acids is 1. The van der Waals surface area contributed by atoms with Crippen molar-refractivity contribution in [3.63, 3.8) is 0 Å². The van der Waals surface area contributed by atoms with Crippen LogP contribution in [0.2, 0.25) is 0 Å². The summed E-state index contributed by atoms with van der Waals surface area (Å²) in [7, 11) is -1.07. The monoisotopic (exact) mass is 534 g/mol. The van der Waals surface area contributed by atoms with Gasteiger partial charge in [-0.2, -0.15) is 0 Å². The molecule has 0 atom stereocenters. The largest absolute Gasteiger partial charge is 0.497 e. The van der Waals surface area contributed by atoms with Crippen molar-refractivity contribution >= 4 is 49.2 Å². The highest BCUT2D eigenvalue weighted by atomic mass is 79.9. The molecule has 0 aliphatic heterocycles. The van der Waals surface area contributed by atoms with Gasteiger partial charge in [-0.15, -0.1) is 0 Å². The molecule has 3 rings (SSSR count). The molecule has 11 heteroatoms. The van der Waals surface area contributed by atoms with Crippen LogP contribution in [0.3, 0.4) is 0 Å². The molecule has 0 radical (unpaired) electrons. The molecule has 0 unspecified atom stereocenters. The third-order valence-electron chi connectivity index (χ3n) is 4.49. The van der Waals surface area contributed by atoms with Crippen molar-refractivity contribution in [3.8, 4) is 11.5 Å². The predicted molar refractivity (Wildman–Crippen MR) is 126 cm³/mol. The van der Waals surface area contributed by atoms with E-state index in [-0.39, 0.29) is 27.4 Å². The Morgan fingerprint density at radius 1 is 0.909 bits per heavy atom. The summed E-state index contributed by atoms with van der Waals surface area (Å²) in [5.74, 6) is -0.969. The second-order valence-corrected chi connectivity index (χ2v) is 9.28. The van der Waals surface area contributed by atoms with Crippen molar-refractivity contribution in [3.05, 3.63) is 76.3 Å². The van der Waals surface area contributed by atoms with E-state index in [1.165, 1.54) is 62.8 Å². The van der Waals surface area contributed by atoms with E-state index < -0.39 is 21.9 Å². The Kier molecular flexibility index (Phi) is 7.24. The fourth-order valence-electron chi connectivity index (χ4n) is 2.86. The Hall–Kier alpha value is -3.57. The fraction of sp³-hybridized carbons (Fsp3) is 0.0909. The normalized spacial score (nSPS) is 10.9. The molecule has 0 fully saturated rings. The van der Waals surface area contributed by atoms with E-state index in [1.807, 2.05) is 0 Å². The standard InChI is InChI=1S/C22H19BrN2O7S/c1-31-16-10-15(11-17(12-16)32-2)25-33(29,30)18-6-3-13(4-7-18)21(26)24-20-8-5-14(23)9-19(20)22(27)28/h3-12,25H,1-2H3,(H,24,26)(H,27,28). The summed E-state index contributed by atoms with van der Waals surface area (Å²) in [6.45, 7) is 0. The van der Waals surface area contributed by atoms with Gasteiger partial charge in [0.05, 0.1) is 36.1 Å². The summed E-state index contributed by atoms with van der Waals surface area (Å²) < 4.78 is 38.8. The Balaban J connectivity index is 1.80. The van der Waals surface area contributed by atoms with Gasteiger partial charge in [0.1, 0.15) is 11.5 Å². The summed E-state index contributed by atoms with van der Waals surface area (Å²) in [5.41, 5.74) is 0.414. The molecule has 172 valence electrons. The number of carbonyl (C=O) groups is 2. The predicted octanol–water partition coefficient (Wildman–Crippen LogP) is 4.22. The summed E-state index contributed by atoms with van der Waals surface area (Å²) in [6.07, 6.45) is 0. The van der Waals surface area contributed by atoms with Crippen LogP contribution in [-0.4, -0.2) is 39.6 Å². The highest BCUT2D eigenvalue weighted by molar-refractivity contribution is 9.10. The zero-order chi connectivity index (χ0) is 24.2. The molecule has 0 aromatic heterocycles. The van der Waals surface area contributed by atoms with Crippen molar-refractivity contribution < 1.29 is 32.6 Å². The minimum Gasteiger partial charge on any atom is -0.497 e. The van der Waals surface area contributed by atoms with E-state index in [0.29, 0.717) is 16.0 Å². The molecule has 3 N–H and O–H groups in total. The quantitative estimate of drug-likeness (QED) is 0.394. The van der Waals surface area contributed by atoms with Crippen molar-refractivity contribution in [1.82, 2.24) is 0 Å². The van der Waals surface area contributed by atoms with E-state index >= 15 is 0 Å². The van der Waals surface area contributed by atoms with Crippen LogP contribution in [0.15, 0.2) is 70.0 Å². The molecule has 0 saturated carbocycles. The third kappa shape index (κ3) is 5.82. The maximum Gasteiger partial charge on any atom is 0.337 e. The third-order valence-corrected chi connectivity index (χ3v) is 6.38. The van der Waals surface area contributed by atoms with Gasteiger partial charge in [0.25, 0.3) is 15.9 Å². The first kappa shape index (κ1) is 24.1. The smallest absolute Gasteiger partial charge is 0.337 e. The van der Waals surface area contributed by atoms with Crippen LogP contribution in [0, 0.1) is 0 Å². The van der Waals surface area contributed by atoms with Gasteiger partial charge in [0.15, 0.2) is 0 Å². The number of rotatable bonds is 8. The average Bonchev–Trinajstić information content (AvgIpc) is 2.79. The number of methoxy groups -OCH3 is 2. The number of hydrogen-bond acceptors (Lipinski definition) is 6. The number of aromatic carboxylic acids is 1. The van der Waals surface area contributed by atoms with Crippen LogP contribution in [0.5, 0.6) is 11.5 Å². The van der Waals surface area contributed by atoms with Crippen LogP contribution < -0.4 is 19.5 Å². The van der Waals surface area contributed by atoms with Gasteiger partial charge >= 0.3 is 5.97 Å². The number of halogens is 1. The second kappa shape index (κ2) is 9.92. The number of benzene rings is 3. The molecule has 33 heavy (non-hydrogen) atoms. The number of amides is 1. The Morgan fingerprint density at radius 2 is 1.52 bits per heavy atom. The lowest BCUT2D eigenvalue weighted by Gasteiger charge is -2.12. The van der Waals surface area contributed by atoms with Gasteiger partial charge in [-0.25, -0.2) is 13.2 Å². The van der Waals surface area contributed by atoms with Crippen molar-refractivity contribution in [2.45, 2.75) is 4.90 Å². The second-order valence-electron chi connectivity index (χ2n) is 6.68. The van der Waals surface area contributed by atoms with E-state index in [0.717, 1.165) is 0 Å². The highest BCUT2D eigenvalue weighted by Crippen LogP contribution is 2.28. The van der Waals surface area contributed by atoms with Gasteiger partial charge < -0.3 is 19.9 Å². The summed E-state index contributed by atoms with van der Waals surface area (Å²) in [4.78, 5) is 23.9. The highest BCUT2D eigenvalue weighted by Gasteiger charge is 2.18. The maximum atomic E-state index is 12.8. The molecule has 0 aliphatic carbocycles. The molecule has 0 spiro atoms. The van der Waals surface area contributed by atoms with E-state index in [4.69, 9.17) is 9.47 Å². The first-order valence-corrected chi connectivity index (χ1v) is 11.6. The molecule has 3 aromatic carbocycles. The molecule has 0 aliphatic rings. The molecule has 1 amide bonds. The van der Waals surface area contributed by atoms with E-state index in [1.54, 1.807) is 12.1 Å². The number of carboxylic acid groups (broad SMARTS) is 1. The van der Waals surface area contributed by atoms with Crippen LogP contribution in [0.1, 0.15) is 20.7 Å². The molecule has 9 nitrogen and oxygen atoms in total. The molecule has 0 heterocycles. The lowest BCUT2D eigenvalue weighted by atomic mass is 10.1. The number of anilines is 2. The van der Waals surface area contributed by atoms with E-state index in [9.17, 15) is 23.1 Å². The maximum absolute atomic E-state index is 12.8. The first-order chi connectivity index (χ1) is 15.6. The minimum absolute atomic E-state index is 0.0734. The van der Waals surface area contributed by atoms with Gasteiger partial charge in [-0.3, -0.25) is 9.52 Å². The van der Waals surface area contributed by atoms with Gasteiger partial charge in [0.2, 0.25) is 0 Å². The summed E-state index contributed by atoms with van der Waals surface area (Å²) in [6, 6.07) is 14.2. The number of carbonyl (C=O) groups excluding carboxylic acids is 1. The lowest BCUT2D eigenvalue weighted by Crippen LogP contribution is -2.16. The molecule has 0 saturated heterocycles. The average molecular weight is 535 g/mol. The lowest BCUT2D eigenvalue weighted by molar-refractivity contribution is 0.0698. The Morgan fingerprint density at radius 3 is 2.06 bits per heavy atom. The van der Waals surface area contributed by atoms with Crippen LogP contribution in [0.4, 0.5) is 11.4 Å². The first-order valence-electron chi connectivity index (χ1n) is 9.33. The van der Waals surface area contributed by atoms with Gasteiger partial charge in [0, 0.05) is 28.2 Å². The Bertz CT molecular complexity index is 1290. The fourth-order valence-corrected chi connectivity index (χ4v) is 4.26. The number of sulfonamides is 1. The summed E-state index contributed by atoms with van der Waals surface area (Å²) in [5, 5.41) is 11.9. The van der Waals surface area contributed by atoms with Crippen molar-refractivity contribution in [1.29, 1.82) is 0 Å². The number of hydrogen-bond donors (Lipinski definition) is 3. The molecule has 0 bridgehead atoms. The SMILES string of the molecule is COc1cc(NS(=O)(=O)c2ccc(C(=O)Nc3ccc(Br)cc3C(=O)O)cc2)cc(OC)c1. The summed E-state index contributed by atoms with van der Waals surface area (Å²) >= 11 is 3.19. The molecular weight excluding hydrogens is 516 g/mol. The minimum atomic E-state index is -3.96. The number of nitrogens with one attached hydrogen (secondary N) is 2. The van der Waals surface area contributed by atoms with Crippen LogP contribution in [-0.2, 0) is 10.0 Å². The zero-order valence-corrected chi connectivity index (χ0v) is 19.9. The van der Waals surface area contributed by atoms with E-state index in [2.05, 4.69) is 26.0 Å². The van der Waals surface area contributed by atoms with Crippen molar-refractivity contribution in [2.75, 3.05) is 24.3 Å². The Labute approximate surface area is 198 Å². The topological polar surface area (TPSA) is 131 Å². The van der Waals surface area contributed by atoms with Gasteiger partial charge in [-0.05, 0) is 42.5 Å².